The number of hydrogen-bond donors (Lipinski definition) is 1. The number of carbonyl (C=O) groups is 2. The molecule has 1 N–H and O–H groups in total. The number of hydrogen-bond acceptors (Lipinski definition) is 5. The van der Waals surface area contributed by atoms with Crippen LogP contribution in [0.1, 0.15) is 38.7 Å². The molecule has 0 bridgehead atoms. The van der Waals surface area contributed by atoms with E-state index < -0.39 is 0 Å². The number of carbonyl (C=O) groups excluding carboxylic acids is 2. The van der Waals surface area contributed by atoms with Gasteiger partial charge in [0.25, 0.3) is 11.8 Å². The SMILES string of the molecule is COCCNC(=O)c1cc([C@H]2CCN(C(=O)c3ccncc3)C2)nc2ccccc12. The molecule has 0 saturated carbocycles. The van der Waals surface area contributed by atoms with E-state index in [2.05, 4.69) is 10.3 Å². The highest BCUT2D eigenvalue weighted by Gasteiger charge is 2.29. The van der Waals surface area contributed by atoms with E-state index in [1.807, 2.05) is 35.2 Å². The lowest BCUT2D eigenvalue weighted by atomic mass is 9.99. The number of methoxy groups -OCH3 is 1. The Labute approximate surface area is 175 Å². The molecule has 1 aliphatic heterocycles. The number of likely N-dealkylation sites (tertiary alicyclic amines) is 1. The summed E-state index contributed by atoms with van der Waals surface area (Å²) in [5.74, 6) is -0.0567. The number of aromatic nitrogens is 2. The predicted molar refractivity (Wildman–Crippen MR) is 113 cm³/mol. The summed E-state index contributed by atoms with van der Waals surface area (Å²) in [6.45, 7) is 2.14. The second-order valence-electron chi connectivity index (χ2n) is 7.33. The first-order chi connectivity index (χ1) is 14.7. The number of benzene rings is 1. The van der Waals surface area contributed by atoms with Gasteiger partial charge in [-0.05, 0) is 30.7 Å². The zero-order valence-corrected chi connectivity index (χ0v) is 16.9. The number of fused-ring (bicyclic) bond motifs is 1. The molecule has 0 aliphatic carbocycles. The number of pyridine rings is 2. The summed E-state index contributed by atoms with van der Waals surface area (Å²) < 4.78 is 5.02. The average molecular weight is 404 g/mol. The van der Waals surface area contributed by atoms with Gasteiger partial charge in [-0.2, -0.15) is 0 Å². The van der Waals surface area contributed by atoms with Gasteiger partial charge in [-0.1, -0.05) is 18.2 Å². The lowest BCUT2D eigenvalue weighted by molar-refractivity contribution is 0.0790. The van der Waals surface area contributed by atoms with E-state index in [0.29, 0.717) is 37.4 Å². The van der Waals surface area contributed by atoms with Crippen molar-refractivity contribution in [3.8, 4) is 0 Å². The first-order valence-corrected chi connectivity index (χ1v) is 10.0. The van der Waals surface area contributed by atoms with Crippen molar-refractivity contribution < 1.29 is 14.3 Å². The van der Waals surface area contributed by atoms with Crippen molar-refractivity contribution >= 4 is 22.7 Å². The van der Waals surface area contributed by atoms with E-state index in [9.17, 15) is 9.59 Å². The molecule has 2 amide bonds. The van der Waals surface area contributed by atoms with E-state index in [4.69, 9.17) is 9.72 Å². The maximum Gasteiger partial charge on any atom is 0.253 e. The highest BCUT2D eigenvalue weighted by Crippen LogP contribution is 2.30. The molecule has 0 radical (unpaired) electrons. The molecule has 1 saturated heterocycles. The Bertz CT molecular complexity index is 1050. The zero-order valence-electron chi connectivity index (χ0n) is 16.9. The molecular formula is C23H24N4O3. The van der Waals surface area contributed by atoms with Crippen molar-refractivity contribution in [1.82, 2.24) is 20.2 Å². The minimum absolute atomic E-state index is 0.00165. The standard InChI is InChI=1S/C23H24N4O3/c1-30-13-11-25-22(28)19-14-21(26-20-5-3-2-4-18(19)20)17-8-12-27(15-17)23(29)16-6-9-24-10-7-16/h2-7,9-10,14,17H,8,11-13,15H2,1H3,(H,25,28)/t17-/m0/s1. The molecule has 4 rings (SSSR count). The van der Waals surface area contributed by atoms with E-state index in [1.165, 1.54) is 0 Å². The molecule has 30 heavy (non-hydrogen) atoms. The van der Waals surface area contributed by atoms with Crippen LogP contribution in [0.4, 0.5) is 0 Å². The van der Waals surface area contributed by atoms with E-state index in [0.717, 1.165) is 23.0 Å². The Morgan fingerprint density at radius 2 is 2.00 bits per heavy atom. The van der Waals surface area contributed by atoms with Gasteiger partial charge in [0.2, 0.25) is 0 Å². The summed E-state index contributed by atoms with van der Waals surface area (Å²) in [5.41, 5.74) is 2.86. The van der Waals surface area contributed by atoms with Crippen LogP contribution in [0.5, 0.6) is 0 Å². The zero-order chi connectivity index (χ0) is 20.9. The van der Waals surface area contributed by atoms with Gasteiger partial charge in [-0.3, -0.25) is 19.6 Å². The summed E-state index contributed by atoms with van der Waals surface area (Å²) in [4.78, 5) is 36.2. The third-order valence-corrected chi connectivity index (χ3v) is 5.39. The summed E-state index contributed by atoms with van der Waals surface area (Å²) >= 11 is 0. The summed E-state index contributed by atoms with van der Waals surface area (Å²) in [5, 5.41) is 3.71. The minimum atomic E-state index is -0.144. The third-order valence-electron chi connectivity index (χ3n) is 5.39. The lowest BCUT2D eigenvalue weighted by Gasteiger charge is -2.17. The van der Waals surface area contributed by atoms with Crippen LogP contribution in [-0.2, 0) is 4.74 Å². The molecule has 0 unspecified atom stereocenters. The van der Waals surface area contributed by atoms with Gasteiger partial charge in [0, 0.05) is 61.7 Å². The van der Waals surface area contributed by atoms with E-state index >= 15 is 0 Å². The maximum atomic E-state index is 12.8. The van der Waals surface area contributed by atoms with Gasteiger partial charge in [0.1, 0.15) is 0 Å². The summed E-state index contributed by atoms with van der Waals surface area (Å²) in [7, 11) is 1.60. The van der Waals surface area contributed by atoms with Crippen molar-refractivity contribution in [2.45, 2.75) is 12.3 Å². The quantitative estimate of drug-likeness (QED) is 0.639. The number of nitrogens with one attached hydrogen (secondary N) is 1. The first-order valence-electron chi connectivity index (χ1n) is 10.0. The molecule has 7 heteroatoms. The topological polar surface area (TPSA) is 84.4 Å². The Kier molecular flexibility index (Phi) is 5.99. The number of ether oxygens (including phenoxy) is 1. The van der Waals surface area contributed by atoms with Crippen LogP contribution in [0.25, 0.3) is 10.9 Å². The van der Waals surface area contributed by atoms with Gasteiger partial charge < -0.3 is 15.0 Å². The number of amides is 2. The third kappa shape index (κ3) is 4.16. The van der Waals surface area contributed by atoms with Crippen LogP contribution in [0.2, 0.25) is 0 Å². The second-order valence-corrected chi connectivity index (χ2v) is 7.33. The fraction of sp³-hybridized carbons (Fsp3) is 0.304. The molecule has 3 heterocycles. The Morgan fingerprint density at radius 1 is 1.20 bits per heavy atom. The number of para-hydroxylation sites is 1. The molecule has 1 fully saturated rings. The van der Waals surface area contributed by atoms with E-state index in [1.54, 1.807) is 31.6 Å². The maximum absolute atomic E-state index is 12.8. The molecule has 1 atom stereocenters. The Hall–Kier alpha value is -3.32. The molecule has 1 aromatic carbocycles. The smallest absolute Gasteiger partial charge is 0.253 e. The minimum Gasteiger partial charge on any atom is -0.383 e. The number of rotatable bonds is 6. The molecule has 7 nitrogen and oxygen atoms in total. The lowest BCUT2D eigenvalue weighted by Crippen LogP contribution is -2.29. The van der Waals surface area contributed by atoms with Crippen molar-refractivity contribution in [3.05, 3.63) is 71.7 Å². The molecule has 1 aliphatic rings. The molecule has 2 aromatic heterocycles. The predicted octanol–water partition coefficient (Wildman–Crippen LogP) is 2.64. The second kappa shape index (κ2) is 9.00. The Morgan fingerprint density at radius 3 is 2.80 bits per heavy atom. The molecule has 0 spiro atoms. The fourth-order valence-electron chi connectivity index (χ4n) is 3.82. The van der Waals surface area contributed by atoms with Crippen LogP contribution < -0.4 is 5.32 Å². The highest BCUT2D eigenvalue weighted by atomic mass is 16.5. The van der Waals surface area contributed by atoms with Crippen LogP contribution >= 0.6 is 0 Å². The van der Waals surface area contributed by atoms with Crippen LogP contribution in [-0.4, -0.2) is 60.0 Å². The van der Waals surface area contributed by atoms with Gasteiger partial charge >= 0.3 is 0 Å². The summed E-state index contributed by atoms with van der Waals surface area (Å²) in [6.07, 6.45) is 4.06. The van der Waals surface area contributed by atoms with Crippen LogP contribution in [0.3, 0.4) is 0 Å². The highest BCUT2D eigenvalue weighted by molar-refractivity contribution is 6.06. The fourth-order valence-corrected chi connectivity index (χ4v) is 3.82. The van der Waals surface area contributed by atoms with Gasteiger partial charge in [-0.15, -0.1) is 0 Å². The number of nitrogens with zero attached hydrogens (tertiary/aromatic N) is 3. The Balaban J connectivity index is 1.58. The molecule has 154 valence electrons. The summed E-state index contributed by atoms with van der Waals surface area (Å²) in [6, 6.07) is 13.0. The van der Waals surface area contributed by atoms with Crippen LogP contribution in [0.15, 0.2) is 54.9 Å². The average Bonchev–Trinajstić information content (AvgIpc) is 3.29. The van der Waals surface area contributed by atoms with Crippen molar-refractivity contribution in [1.29, 1.82) is 0 Å². The monoisotopic (exact) mass is 404 g/mol. The van der Waals surface area contributed by atoms with Crippen molar-refractivity contribution in [3.63, 3.8) is 0 Å². The van der Waals surface area contributed by atoms with Crippen molar-refractivity contribution in [2.75, 3.05) is 33.4 Å². The van der Waals surface area contributed by atoms with Gasteiger partial charge in [-0.25, -0.2) is 0 Å². The normalized spacial score (nSPS) is 16.0. The van der Waals surface area contributed by atoms with Crippen molar-refractivity contribution in [2.24, 2.45) is 0 Å². The first kappa shape index (κ1) is 20.0. The van der Waals surface area contributed by atoms with Crippen LogP contribution in [0, 0.1) is 0 Å². The molecule has 3 aromatic rings. The van der Waals surface area contributed by atoms with Gasteiger partial charge in [0.15, 0.2) is 0 Å². The van der Waals surface area contributed by atoms with E-state index in [-0.39, 0.29) is 17.7 Å². The largest absolute Gasteiger partial charge is 0.383 e. The molecular weight excluding hydrogens is 380 g/mol. The van der Waals surface area contributed by atoms with Gasteiger partial charge in [0.05, 0.1) is 17.7 Å².